The van der Waals surface area contributed by atoms with Crippen LogP contribution < -0.4 is 5.32 Å². The lowest BCUT2D eigenvalue weighted by molar-refractivity contribution is -0.122. The maximum Gasteiger partial charge on any atom is 0.301 e. The number of benzene rings is 1. The second-order valence-electron chi connectivity index (χ2n) is 7.19. The lowest BCUT2D eigenvalue weighted by atomic mass is 9.75. The number of rotatable bonds is 5. The number of carbonyl (C=O) groups is 2. The topological polar surface area (TPSA) is 101 Å². The lowest BCUT2D eigenvalue weighted by Crippen LogP contribution is -2.36. The van der Waals surface area contributed by atoms with Gasteiger partial charge >= 0.3 is 6.01 Å². The molecule has 4 rings (SSSR count). The van der Waals surface area contributed by atoms with Crippen molar-refractivity contribution in [1.82, 2.24) is 15.2 Å². The van der Waals surface area contributed by atoms with Crippen molar-refractivity contribution in [3.8, 4) is 11.3 Å². The number of nitrogens with zero attached hydrogens (tertiary/aromatic N) is 2. The summed E-state index contributed by atoms with van der Waals surface area (Å²) in [6, 6.07) is 9.49. The van der Waals surface area contributed by atoms with E-state index in [1.54, 1.807) is 13.1 Å². The minimum absolute atomic E-state index is 0.0135. The number of anilines is 1. The first-order valence-corrected chi connectivity index (χ1v) is 9.49. The third-order valence-corrected chi connectivity index (χ3v) is 5.27. The highest BCUT2D eigenvalue weighted by molar-refractivity contribution is 6.02. The first-order valence-electron chi connectivity index (χ1n) is 9.49. The van der Waals surface area contributed by atoms with Gasteiger partial charge in [0, 0.05) is 23.6 Å². The smallest absolute Gasteiger partial charge is 0.301 e. The predicted octanol–water partition coefficient (Wildman–Crippen LogP) is 4.00. The normalized spacial score (nSPS) is 19.3. The van der Waals surface area contributed by atoms with Crippen LogP contribution in [0.25, 0.3) is 11.3 Å². The summed E-state index contributed by atoms with van der Waals surface area (Å²) in [5.41, 5.74) is 3.19. The molecule has 1 fully saturated rings. The summed E-state index contributed by atoms with van der Waals surface area (Å²) in [4.78, 5) is 30.0. The van der Waals surface area contributed by atoms with Crippen LogP contribution in [0.3, 0.4) is 0 Å². The summed E-state index contributed by atoms with van der Waals surface area (Å²) in [6.07, 6.45) is 6.46. The molecular weight excluding hydrogens is 356 g/mol. The van der Waals surface area contributed by atoms with Gasteiger partial charge in [0.15, 0.2) is 5.78 Å². The van der Waals surface area contributed by atoms with Crippen molar-refractivity contribution < 1.29 is 14.0 Å². The number of Topliss-reactive ketones (excluding diaryl/α,β-unsaturated/α-hetero) is 1. The molecule has 0 radical (unpaired) electrons. The Kier molecular flexibility index (Phi) is 5.06. The van der Waals surface area contributed by atoms with E-state index in [4.69, 9.17) is 4.42 Å². The summed E-state index contributed by atoms with van der Waals surface area (Å²) in [5.74, 6) is -0.892. The predicted molar refractivity (Wildman–Crippen MR) is 104 cm³/mol. The van der Waals surface area contributed by atoms with Crippen LogP contribution in [0.15, 0.2) is 47.2 Å². The third-order valence-electron chi connectivity index (χ3n) is 5.27. The maximum atomic E-state index is 13.1. The molecule has 2 atom stereocenters. The number of nitrogens with one attached hydrogen (secondary N) is 2. The Morgan fingerprint density at radius 3 is 2.50 bits per heavy atom. The number of aryl methyl sites for hydroxylation is 1. The molecule has 2 N–H and O–H groups in total. The van der Waals surface area contributed by atoms with Crippen LogP contribution in [0.2, 0.25) is 0 Å². The fourth-order valence-corrected chi connectivity index (χ4v) is 3.81. The van der Waals surface area contributed by atoms with Gasteiger partial charge in [0.2, 0.25) is 5.91 Å². The number of ketones is 1. The number of hydrogen-bond donors (Lipinski definition) is 2. The Balaban J connectivity index is 1.50. The fraction of sp³-hybridized carbons (Fsp3) is 0.333. The zero-order valence-electron chi connectivity index (χ0n) is 15.6. The number of aromatic nitrogens is 3. The third kappa shape index (κ3) is 3.74. The molecule has 144 valence electrons. The van der Waals surface area contributed by atoms with Gasteiger partial charge in [0.25, 0.3) is 0 Å². The first kappa shape index (κ1) is 18.2. The molecular formula is C21H22N4O3. The Morgan fingerprint density at radius 1 is 1.11 bits per heavy atom. The van der Waals surface area contributed by atoms with Crippen molar-refractivity contribution in [2.24, 2.45) is 11.8 Å². The highest BCUT2D eigenvalue weighted by Gasteiger charge is 2.36. The molecule has 2 aromatic heterocycles. The minimum Gasteiger partial charge on any atom is -0.432 e. The van der Waals surface area contributed by atoms with Gasteiger partial charge in [-0.3, -0.25) is 20.0 Å². The van der Waals surface area contributed by atoms with E-state index < -0.39 is 0 Å². The standard InChI is InChI=1S/C21H22N4O3/c1-13-12-28-21(23-13)24-20(27)17-5-3-2-4-16(17)19(26)15-8-6-14(7-9-15)18-10-11-22-25-18/h6-12,16-17H,2-5H2,1H3,(H,22,25)(H,23,24,27)/t16-,17-/m0/s1. The van der Waals surface area contributed by atoms with Crippen LogP contribution in [0.4, 0.5) is 6.01 Å². The average molecular weight is 378 g/mol. The molecule has 0 bridgehead atoms. The van der Waals surface area contributed by atoms with Crippen LogP contribution in [0, 0.1) is 18.8 Å². The van der Waals surface area contributed by atoms with E-state index in [2.05, 4.69) is 20.5 Å². The summed E-state index contributed by atoms with van der Waals surface area (Å²) < 4.78 is 5.22. The Labute approximate surface area is 162 Å². The van der Waals surface area contributed by atoms with E-state index in [-0.39, 0.29) is 29.5 Å². The van der Waals surface area contributed by atoms with Gasteiger partial charge in [-0.1, -0.05) is 37.1 Å². The van der Waals surface area contributed by atoms with E-state index in [9.17, 15) is 9.59 Å². The largest absolute Gasteiger partial charge is 0.432 e. The number of amides is 1. The zero-order chi connectivity index (χ0) is 19.5. The highest BCUT2D eigenvalue weighted by atomic mass is 16.4. The van der Waals surface area contributed by atoms with Crippen molar-refractivity contribution in [2.45, 2.75) is 32.6 Å². The SMILES string of the molecule is Cc1coc(NC(=O)[C@H]2CCCC[C@@H]2C(=O)c2ccc(-c3ccn[nH]3)cc2)n1. The fourth-order valence-electron chi connectivity index (χ4n) is 3.81. The van der Waals surface area contributed by atoms with E-state index in [0.29, 0.717) is 24.1 Å². The number of aromatic amines is 1. The molecule has 0 aliphatic heterocycles. The number of H-pyrrole nitrogens is 1. The van der Waals surface area contributed by atoms with Crippen molar-refractivity contribution in [3.05, 3.63) is 54.0 Å². The van der Waals surface area contributed by atoms with Gasteiger partial charge in [0.05, 0.1) is 11.4 Å². The van der Waals surface area contributed by atoms with Crippen LogP contribution in [0.1, 0.15) is 41.7 Å². The average Bonchev–Trinajstić information content (AvgIpc) is 3.39. The molecule has 1 amide bonds. The second kappa shape index (κ2) is 7.80. The molecule has 7 heteroatoms. The van der Waals surface area contributed by atoms with E-state index in [1.807, 2.05) is 30.3 Å². The summed E-state index contributed by atoms with van der Waals surface area (Å²) in [6.45, 7) is 1.79. The summed E-state index contributed by atoms with van der Waals surface area (Å²) >= 11 is 0. The van der Waals surface area contributed by atoms with Crippen molar-refractivity contribution in [2.75, 3.05) is 5.32 Å². The molecule has 1 aliphatic rings. The summed E-state index contributed by atoms with van der Waals surface area (Å²) in [5, 5.41) is 9.57. The maximum absolute atomic E-state index is 13.1. The van der Waals surface area contributed by atoms with Crippen molar-refractivity contribution >= 4 is 17.7 Å². The molecule has 0 unspecified atom stereocenters. The molecule has 1 saturated carbocycles. The molecule has 3 aromatic rings. The lowest BCUT2D eigenvalue weighted by Gasteiger charge is -2.29. The molecule has 2 heterocycles. The van der Waals surface area contributed by atoms with E-state index in [0.717, 1.165) is 24.1 Å². The molecule has 7 nitrogen and oxygen atoms in total. The van der Waals surface area contributed by atoms with Gasteiger partial charge in [-0.25, -0.2) is 0 Å². The minimum atomic E-state index is -0.374. The molecule has 0 spiro atoms. The number of hydrogen-bond acceptors (Lipinski definition) is 5. The second-order valence-corrected chi connectivity index (χ2v) is 7.19. The Bertz CT molecular complexity index is 960. The number of carbonyl (C=O) groups excluding carboxylic acids is 2. The quantitative estimate of drug-likeness (QED) is 0.654. The van der Waals surface area contributed by atoms with E-state index in [1.165, 1.54) is 6.26 Å². The molecule has 0 saturated heterocycles. The van der Waals surface area contributed by atoms with Crippen molar-refractivity contribution in [3.63, 3.8) is 0 Å². The van der Waals surface area contributed by atoms with Crippen molar-refractivity contribution in [1.29, 1.82) is 0 Å². The Hall–Kier alpha value is -3.22. The van der Waals surface area contributed by atoms with Crippen LogP contribution >= 0.6 is 0 Å². The molecule has 1 aromatic carbocycles. The Morgan fingerprint density at radius 2 is 1.86 bits per heavy atom. The van der Waals surface area contributed by atoms with Gasteiger partial charge < -0.3 is 4.42 Å². The monoisotopic (exact) mass is 378 g/mol. The first-order chi connectivity index (χ1) is 13.6. The van der Waals surface area contributed by atoms with E-state index >= 15 is 0 Å². The van der Waals surface area contributed by atoms with Gasteiger partial charge in [-0.05, 0) is 31.4 Å². The highest BCUT2D eigenvalue weighted by Crippen LogP contribution is 2.34. The van der Waals surface area contributed by atoms with Gasteiger partial charge in [0.1, 0.15) is 6.26 Å². The van der Waals surface area contributed by atoms with Crippen LogP contribution in [-0.4, -0.2) is 26.9 Å². The zero-order valence-corrected chi connectivity index (χ0v) is 15.6. The van der Waals surface area contributed by atoms with Crippen LogP contribution in [-0.2, 0) is 4.79 Å². The van der Waals surface area contributed by atoms with Gasteiger partial charge in [-0.2, -0.15) is 10.1 Å². The summed E-state index contributed by atoms with van der Waals surface area (Å²) in [7, 11) is 0. The van der Waals surface area contributed by atoms with Crippen LogP contribution in [0.5, 0.6) is 0 Å². The molecule has 28 heavy (non-hydrogen) atoms. The molecule has 1 aliphatic carbocycles. The van der Waals surface area contributed by atoms with Gasteiger partial charge in [-0.15, -0.1) is 0 Å². The number of oxazole rings is 1.